The fourth-order valence-corrected chi connectivity index (χ4v) is 7.86. The van der Waals surface area contributed by atoms with Crippen LogP contribution in [0.5, 0.6) is 0 Å². The zero-order valence-electron chi connectivity index (χ0n) is 34.8. The van der Waals surface area contributed by atoms with Gasteiger partial charge in [0.25, 0.3) is 0 Å². The Hall–Kier alpha value is -0.850. The number of aryl methyl sites for hydroxylation is 3. The van der Waals surface area contributed by atoms with Gasteiger partial charge in [-0.15, -0.1) is 0 Å². The van der Waals surface area contributed by atoms with Crippen molar-refractivity contribution in [2.45, 2.75) is 277 Å². The highest BCUT2D eigenvalue weighted by Crippen LogP contribution is 2.19. The highest BCUT2D eigenvalue weighted by molar-refractivity contribution is 5.22. The molecule has 1 radical (unpaired) electrons. The molecule has 293 valence electrons. The van der Waals surface area contributed by atoms with Crippen molar-refractivity contribution < 1.29 is 0 Å². The third-order valence-electron chi connectivity index (χ3n) is 11.3. The van der Waals surface area contributed by atoms with E-state index in [0.29, 0.717) is 0 Å². The molecule has 0 aromatic carbocycles. The van der Waals surface area contributed by atoms with Crippen molar-refractivity contribution in [1.29, 1.82) is 0 Å². The van der Waals surface area contributed by atoms with Crippen molar-refractivity contribution in [3.8, 4) is 0 Å². The van der Waals surface area contributed by atoms with Gasteiger partial charge >= 0.3 is 0 Å². The summed E-state index contributed by atoms with van der Waals surface area (Å²) in [4.78, 5) is 5.15. The monoisotopic (exact) mass is 695 g/mol. The molecule has 1 heteroatoms. The Kier molecular flexibility index (Phi) is 37.1. The van der Waals surface area contributed by atoms with Crippen LogP contribution in [0, 0.1) is 6.92 Å². The van der Waals surface area contributed by atoms with E-state index in [1.807, 2.05) is 0 Å². The largest absolute Gasteiger partial charge is 0.258 e. The van der Waals surface area contributed by atoms with Gasteiger partial charge < -0.3 is 0 Å². The quantitative estimate of drug-likeness (QED) is 0.0622. The molecule has 0 bridgehead atoms. The van der Waals surface area contributed by atoms with Crippen LogP contribution in [0.4, 0.5) is 0 Å². The van der Waals surface area contributed by atoms with Gasteiger partial charge in [0.15, 0.2) is 0 Å². The van der Waals surface area contributed by atoms with Crippen LogP contribution in [-0.4, -0.2) is 4.98 Å². The van der Waals surface area contributed by atoms with E-state index in [-0.39, 0.29) is 0 Å². The molecule has 1 nitrogen and oxygen atoms in total. The second-order valence-corrected chi connectivity index (χ2v) is 16.4. The molecule has 1 aromatic rings. The molecule has 0 spiro atoms. The lowest BCUT2D eigenvalue weighted by Gasteiger charge is -2.10. The average molecular weight is 695 g/mol. The Bertz CT molecular complexity index is 725. The summed E-state index contributed by atoms with van der Waals surface area (Å²) in [6.07, 6.45) is 57.6. The van der Waals surface area contributed by atoms with Crippen LogP contribution in [0.3, 0.4) is 0 Å². The summed E-state index contributed by atoms with van der Waals surface area (Å²) in [5.74, 6) is 0. The van der Waals surface area contributed by atoms with Crippen LogP contribution >= 0.6 is 0 Å². The highest BCUT2D eigenvalue weighted by atomic mass is 14.7. The second-order valence-electron chi connectivity index (χ2n) is 16.4. The number of pyridine rings is 1. The topological polar surface area (TPSA) is 12.9 Å². The van der Waals surface area contributed by atoms with Gasteiger partial charge in [0.1, 0.15) is 0 Å². The number of unbranched alkanes of at least 4 members (excludes halogenated alkanes) is 35. The van der Waals surface area contributed by atoms with Gasteiger partial charge in [-0.3, -0.25) is 4.98 Å². The van der Waals surface area contributed by atoms with E-state index in [4.69, 9.17) is 4.98 Å². The van der Waals surface area contributed by atoms with E-state index in [0.717, 1.165) is 6.42 Å². The molecular weight excluding hydrogens is 603 g/mol. The molecule has 0 saturated heterocycles. The van der Waals surface area contributed by atoms with Crippen LogP contribution in [0.25, 0.3) is 0 Å². The maximum absolute atomic E-state index is 5.15. The minimum absolute atomic E-state index is 1.03. The lowest BCUT2D eigenvalue weighted by atomic mass is 10.0. The van der Waals surface area contributed by atoms with Crippen LogP contribution in [-0.2, 0) is 19.3 Å². The maximum atomic E-state index is 5.15. The minimum Gasteiger partial charge on any atom is -0.258 e. The van der Waals surface area contributed by atoms with Crippen molar-refractivity contribution in [3.63, 3.8) is 0 Å². The molecule has 0 fully saturated rings. The third kappa shape index (κ3) is 33.0. The normalized spacial score (nSPS) is 11.6. The van der Waals surface area contributed by atoms with E-state index in [2.05, 4.69) is 32.9 Å². The fraction of sp³-hybridized carbons (Fsp3) is 0.878. The fourth-order valence-electron chi connectivity index (χ4n) is 7.86. The smallest absolute Gasteiger partial charge is 0.0409 e. The van der Waals surface area contributed by atoms with Gasteiger partial charge in [-0.2, -0.15) is 0 Å². The molecule has 1 aromatic heterocycles. The van der Waals surface area contributed by atoms with E-state index in [9.17, 15) is 0 Å². The summed E-state index contributed by atoms with van der Waals surface area (Å²) in [5, 5.41) is 0. The van der Waals surface area contributed by atoms with Crippen LogP contribution in [0.2, 0.25) is 0 Å². The molecule has 1 heterocycles. The minimum atomic E-state index is 1.03. The first-order valence-electron chi connectivity index (χ1n) is 23.6. The van der Waals surface area contributed by atoms with Crippen molar-refractivity contribution in [2.24, 2.45) is 0 Å². The second kappa shape index (κ2) is 39.4. The molecule has 0 unspecified atom stereocenters. The summed E-state index contributed by atoms with van der Waals surface area (Å²) >= 11 is 0. The lowest BCUT2D eigenvalue weighted by Crippen LogP contribution is -2.00. The van der Waals surface area contributed by atoms with Crippen molar-refractivity contribution in [1.82, 2.24) is 4.98 Å². The summed E-state index contributed by atoms with van der Waals surface area (Å²) in [6, 6.07) is 4.84. The lowest BCUT2D eigenvalue weighted by molar-refractivity contribution is 0.524. The van der Waals surface area contributed by atoms with Crippen LogP contribution in [0.1, 0.15) is 275 Å². The van der Waals surface area contributed by atoms with Gasteiger partial charge in [-0.05, 0) is 56.2 Å². The Morgan fingerprint density at radius 1 is 0.320 bits per heavy atom. The Balaban J connectivity index is 2.02. The first-order chi connectivity index (χ1) is 24.8. The number of aromatic nitrogens is 1. The number of nitrogens with zero attached hydrogens (tertiary/aromatic N) is 1. The molecule has 0 aliphatic heterocycles. The van der Waals surface area contributed by atoms with E-state index >= 15 is 0 Å². The number of rotatable bonds is 41. The van der Waals surface area contributed by atoms with E-state index in [1.54, 1.807) is 0 Å². The van der Waals surface area contributed by atoms with Crippen molar-refractivity contribution in [2.75, 3.05) is 0 Å². The molecular formula is C49H92N. The molecule has 0 N–H and O–H groups in total. The van der Waals surface area contributed by atoms with Gasteiger partial charge in [0.2, 0.25) is 0 Å². The average Bonchev–Trinajstić information content (AvgIpc) is 3.13. The van der Waals surface area contributed by atoms with Gasteiger partial charge in [-0.1, -0.05) is 245 Å². The van der Waals surface area contributed by atoms with Gasteiger partial charge in [-0.25, -0.2) is 0 Å². The number of hydrogen-bond donors (Lipinski definition) is 0. The molecule has 50 heavy (non-hydrogen) atoms. The first kappa shape index (κ1) is 47.2. The standard InChI is InChI=1S/C49H92N/c1-4-7-10-12-14-16-18-20-22-24-26-28-30-32-34-36-38-40-43-48-45-47(42-9-6-3)46-49(50-48)44-41-39-37-35-33-31-29-27-25-23-21-19-17-15-13-11-8-5-2/h45-46H,3-44H2,1-2H3. The van der Waals surface area contributed by atoms with Crippen molar-refractivity contribution >= 4 is 0 Å². The first-order valence-corrected chi connectivity index (χ1v) is 23.6. The van der Waals surface area contributed by atoms with Crippen LogP contribution in [0.15, 0.2) is 12.1 Å². The summed E-state index contributed by atoms with van der Waals surface area (Å²) in [6.45, 7) is 8.70. The van der Waals surface area contributed by atoms with E-state index < -0.39 is 0 Å². The Labute approximate surface area is 317 Å². The highest BCUT2D eigenvalue weighted by Gasteiger charge is 2.05. The number of hydrogen-bond acceptors (Lipinski definition) is 1. The maximum Gasteiger partial charge on any atom is 0.0409 e. The van der Waals surface area contributed by atoms with E-state index in [1.165, 1.54) is 274 Å². The van der Waals surface area contributed by atoms with Gasteiger partial charge in [0.05, 0.1) is 0 Å². The predicted octanol–water partition coefficient (Wildman–Crippen LogP) is 17.4. The SMILES string of the molecule is [CH2]CCCc1cc(CCCCCCCCCCCCCCCCCCCC)nc(CCCCCCCCCCCCCCCCCCCC)c1. The van der Waals surface area contributed by atoms with Crippen molar-refractivity contribution in [3.05, 3.63) is 36.0 Å². The summed E-state index contributed by atoms with van der Waals surface area (Å²) in [7, 11) is 0. The zero-order valence-corrected chi connectivity index (χ0v) is 34.8. The summed E-state index contributed by atoms with van der Waals surface area (Å²) < 4.78 is 0. The summed E-state index contributed by atoms with van der Waals surface area (Å²) in [5.41, 5.74) is 4.24. The zero-order chi connectivity index (χ0) is 35.8. The molecule has 0 aliphatic rings. The van der Waals surface area contributed by atoms with Gasteiger partial charge in [0, 0.05) is 11.4 Å². The predicted molar refractivity (Wildman–Crippen MR) is 227 cm³/mol. The molecule has 0 amide bonds. The molecule has 1 rings (SSSR count). The molecule has 0 atom stereocenters. The third-order valence-corrected chi connectivity index (χ3v) is 11.3. The Morgan fingerprint density at radius 2 is 0.560 bits per heavy atom. The Morgan fingerprint density at radius 3 is 0.800 bits per heavy atom. The van der Waals surface area contributed by atoms with Crippen LogP contribution < -0.4 is 0 Å². The molecule has 0 aliphatic carbocycles. The molecule has 0 saturated carbocycles.